The average Bonchev–Trinajstić information content (AvgIpc) is 2.59. The highest BCUT2D eigenvalue weighted by molar-refractivity contribution is 6.02. The molecular formula is C15H16N2O3. The van der Waals surface area contributed by atoms with Gasteiger partial charge in [0.05, 0.1) is 6.42 Å². The fourth-order valence-corrected chi connectivity index (χ4v) is 2.80. The van der Waals surface area contributed by atoms with Gasteiger partial charge >= 0.3 is 0 Å². The SMILES string of the molecule is C[C@@H]1C=CC2=C(C=C1)N(C1CCC(=O)NC1=O)C(=O)C2. The summed E-state index contributed by atoms with van der Waals surface area (Å²) in [6.07, 6.45) is 8.91. The molecule has 1 unspecified atom stereocenters. The smallest absolute Gasteiger partial charge is 0.249 e. The van der Waals surface area contributed by atoms with E-state index in [2.05, 4.69) is 12.2 Å². The van der Waals surface area contributed by atoms with Crippen LogP contribution in [0.4, 0.5) is 0 Å². The van der Waals surface area contributed by atoms with Gasteiger partial charge in [0, 0.05) is 12.1 Å². The molecule has 20 heavy (non-hydrogen) atoms. The van der Waals surface area contributed by atoms with Crippen LogP contribution in [0.15, 0.2) is 35.6 Å². The van der Waals surface area contributed by atoms with Crippen LogP contribution in [0.1, 0.15) is 26.2 Å². The lowest BCUT2D eigenvalue weighted by molar-refractivity contribution is -0.142. The Morgan fingerprint density at radius 1 is 1.20 bits per heavy atom. The third-order valence-electron chi connectivity index (χ3n) is 3.88. The van der Waals surface area contributed by atoms with Crippen molar-refractivity contribution >= 4 is 17.7 Å². The molecule has 2 atom stereocenters. The molecule has 1 aliphatic carbocycles. The molecule has 0 bridgehead atoms. The Kier molecular flexibility index (Phi) is 3.04. The Morgan fingerprint density at radius 2 is 1.95 bits per heavy atom. The van der Waals surface area contributed by atoms with Gasteiger partial charge in [-0.1, -0.05) is 25.2 Å². The molecule has 3 amide bonds. The summed E-state index contributed by atoms with van der Waals surface area (Å²) in [5, 5.41) is 2.31. The van der Waals surface area contributed by atoms with Gasteiger partial charge in [0.1, 0.15) is 6.04 Å². The van der Waals surface area contributed by atoms with Crippen LogP contribution < -0.4 is 5.32 Å². The Balaban J connectivity index is 1.93. The van der Waals surface area contributed by atoms with Crippen molar-refractivity contribution in [2.45, 2.75) is 32.2 Å². The lowest BCUT2D eigenvalue weighted by Crippen LogP contribution is -2.52. The number of nitrogens with zero attached hydrogens (tertiary/aromatic N) is 1. The number of piperidine rings is 1. The Morgan fingerprint density at radius 3 is 2.70 bits per heavy atom. The number of hydrogen-bond donors (Lipinski definition) is 1. The summed E-state index contributed by atoms with van der Waals surface area (Å²) in [4.78, 5) is 37.0. The van der Waals surface area contributed by atoms with Gasteiger partial charge in [-0.15, -0.1) is 0 Å². The number of nitrogens with one attached hydrogen (secondary N) is 1. The second-order valence-corrected chi connectivity index (χ2v) is 5.40. The van der Waals surface area contributed by atoms with E-state index in [-0.39, 0.29) is 24.1 Å². The number of imide groups is 1. The normalized spacial score (nSPS) is 29.6. The van der Waals surface area contributed by atoms with E-state index in [0.717, 1.165) is 11.3 Å². The first kappa shape index (κ1) is 12.8. The summed E-state index contributed by atoms with van der Waals surface area (Å²) in [6.45, 7) is 2.06. The highest BCUT2D eigenvalue weighted by atomic mass is 16.2. The maximum absolute atomic E-state index is 12.2. The Labute approximate surface area is 117 Å². The molecule has 5 heteroatoms. The van der Waals surface area contributed by atoms with Crippen LogP contribution in [0.25, 0.3) is 0 Å². The molecule has 0 radical (unpaired) electrons. The third kappa shape index (κ3) is 2.09. The summed E-state index contributed by atoms with van der Waals surface area (Å²) < 4.78 is 0. The van der Waals surface area contributed by atoms with Crippen molar-refractivity contribution in [1.82, 2.24) is 10.2 Å². The van der Waals surface area contributed by atoms with E-state index in [1.165, 1.54) is 0 Å². The van der Waals surface area contributed by atoms with E-state index < -0.39 is 6.04 Å². The zero-order valence-electron chi connectivity index (χ0n) is 11.3. The molecule has 1 saturated heterocycles. The van der Waals surface area contributed by atoms with Crippen LogP contribution >= 0.6 is 0 Å². The van der Waals surface area contributed by atoms with E-state index in [4.69, 9.17) is 0 Å². The second-order valence-electron chi connectivity index (χ2n) is 5.40. The van der Waals surface area contributed by atoms with Crippen molar-refractivity contribution in [3.05, 3.63) is 35.6 Å². The summed E-state index contributed by atoms with van der Waals surface area (Å²) >= 11 is 0. The van der Waals surface area contributed by atoms with Gasteiger partial charge in [-0.05, 0) is 24.0 Å². The molecule has 3 rings (SSSR count). The number of carbonyl (C=O) groups excluding carboxylic acids is 3. The minimum absolute atomic E-state index is 0.0756. The summed E-state index contributed by atoms with van der Waals surface area (Å²) in [5.74, 6) is -0.414. The number of rotatable bonds is 1. The molecule has 3 aliphatic rings. The molecule has 0 saturated carbocycles. The van der Waals surface area contributed by atoms with Crippen molar-refractivity contribution < 1.29 is 14.4 Å². The van der Waals surface area contributed by atoms with E-state index in [1.807, 2.05) is 24.3 Å². The maximum atomic E-state index is 12.2. The van der Waals surface area contributed by atoms with Crippen LogP contribution in [0.5, 0.6) is 0 Å². The average molecular weight is 272 g/mol. The lowest BCUT2D eigenvalue weighted by atomic mass is 10.0. The minimum Gasteiger partial charge on any atom is -0.299 e. The Bertz CT molecular complexity index is 586. The van der Waals surface area contributed by atoms with Crippen LogP contribution in [0, 0.1) is 5.92 Å². The van der Waals surface area contributed by atoms with Gasteiger partial charge in [0.15, 0.2) is 0 Å². The van der Waals surface area contributed by atoms with Gasteiger partial charge in [0.25, 0.3) is 0 Å². The molecule has 1 fully saturated rings. The molecular weight excluding hydrogens is 256 g/mol. The van der Waals surface area contributed by atoms with Crippen molar-refractivity contribution in [3.63, 3.8) is 0 Å². The number of amides is 3. The van der Waals surface area contributed by atoms with Crippen molar-refractivity contribution in [3.8, 4) is 0 Å². The van der Waals surface area contributed by atoms with Crippen molar-refractivity contribution in [2.75, 3.05) is 0 Å². The first-order valence-corrected chi connectivity index (χ1v) is 6.81. The first-order valence-electron chi connectivity index (χ1n) is 6.81. The van der Waals surface area contributed by atoms with Crippen molar-refractivity contribution in [2.24, 2.45) is 5.92 Å². The van der Waals surface area contributed by atoms with E-state index in [1.54, 1.807) is 4.90 Å². The predicted octanol–water partition coefficient (Wildman–Crippen LogP) is 1.04. The molecule has 2 heterocycles. The summed E-state index contributed by atoms with van der Waals surface area (Å²) in [6, 6.07) is -0.570. The molecule has 5 nitrogen and oxygen atoms in total. The Hall–Kier alpha value is -2.17. The van der Waals surface area contributed by atoms with E-state index >= 15 is 0 Å². The molecule has 0 aromatic rings. The largest absolute Gasteiger partial charge is 0.299 e. The summed E-state index contributed by atoms with van der Waals surface area (Å²) in [5.41, 5.74) is 1.74. The fourth-order valence-electron chi connectivity index (χ4n) is 2.80. The van der Waals surface area contributed by atoms with Crippen LogP contribution in [-0.2, 0) is 14.4 Å². The minimum atomic E-state index is -0.570. The third-order valence-corrected chi connectivity index (χ3v) is 3.88. The van der Waals surface area contributed by atoms with Crippen LogP contribution in [-0.4, -0.2) is 28.7 Å². The highest BCUT2D eigenvalue weighted by Crippen LogP contribution is 2.32. The molecule has 2 aliphatic heterocycles. The van der Waals surface area contributed by atoms with Crippen molar-refractivity contribution in [1.29, 1.82) is 0 Å². The van der Waals surface area contributed by atoms with Crippen LogP contribution in [0.3, 0.4) is 0 Å². The topological polar surface area (TPSA) is 66.5 Å². The van der Waals surface area contributed by atoms with Gasteiger partial charge < -0.3 is 0 Å². The fraction of sp³-hybridized carbons (Fsp3) is 0.400. The number of carbonyl (C=O) groups is 3. The molecule has 0 aromatic carbocycles. The van der Waals surface area contributed by atoms with E-state index in [0.29, 0.717) is 18.8 Å². The molecule has 1 N–H and O–H groups in total. The lowest BCUT2D eigenvalue weighted by Gasteiger charge is -2.30. The maximum Gasteiger partial charge on any atom is 0.249 e. The second kappa shape index (κ2) is 4.74. The predicted molar refractivity (Wildman–Crippen MR) is 72.1 cm³/mol. The van der Waals surface area contributed by atoms with Crippen LogP contribution in [0.2, 0.25) is 0 Å². The number of hydrogen-bond acceptors (Lipinski definition) is 3. The summed E-state index contributed by atoms with van der Waals surface area (Å²) in [7, 11) is 0. The first-order chi connectivity index (χ1) is 9.56. The highest BCUT2D eigenvalue weighted by Gasteiger charge is 2.39. The van der Waals surface area contributed by atoms with Gasteiger partial charge in [-0.3, -0.25) is 24.6 Å². The van der Waals surface area contributed by atoms with Gasteiger partial charge in [0.2, 0.25) is 17.7 Å². The van der Waals surface area contributed by atoms with Gasteiger partial charge in [-0.2, -0.15) is 0 Å². The zero-order valence-corrected chi connectivity index (χ0v) is 11.3. The molecule has 0 spiro atoms. The standard InChI is InChI=1S/C15H16N2O3/c1-9-2-4-10-8-14(19)17(11(10)5-3-9)12-6-7-13(18)16-15(12)20/h2-5,9,12H,6-8H2,1H3,(H,16,18,20)/t9-,12?/m1/s1. The zero-order chi connectivity index (χ0) is 14.3. The molecule has 0 aromatic heterocycles. The number of allylic oxidation sites excluding steroid dienone is 4. The van der Waals surface area contributed by atoms with E-state index in [9.17, 15) is 14.4 Å². The molecule has 104 valence electrons. The van der Waals surface area contributed by atoms with Gasteiger partial charge in [-0.25, -0.2) is 0 Å². The monoisotopic (exact) mass is 272 g/mol. The quantitative estimate of drug-likeness (QED) is 0.725.